The van der Waals surface area contributed by atoms with E-state index in [4.69, 9.17) is 57.7 Å². The van der Waals surface area contributed by atoms with Crippen LogP contribution in [-0.2, 0) is 13.7 Å². The van der Waals surface area contributed by atoms with Crippen LogP contribution in [0.25, 0.3) is 11.2 Å². The number of aromatic nitrogens is 4. The Balaban J connectivity index is 0. The van der Waals surface area contributed by atoms with E-state index in [2.05, 4.69) is 19.9 Å². The zero-order chi connectivity index (χ0) is 21.3. The van der Waals surface area contributed by atoms with Gasteiger partial charge < -0.3 is 49.0 Å². The molecule has 0 spiro atoms. The van der Waals surface area contributed by atoms with Crippen molar-refractivity contribution in [2.24, 2.45) is 0 Å². The van der Waals surface area contributed by atoms with Gasteiger partial charge in [-0.3, -0.25) is 14.8 Å². The van der Waals surface area contributed by atoms with E-state index >= 15 is 0 Å². The molecule has 152 valence electrons. The van der Waals surface area contributed by atoms with Gasteiger partial charge in [-0.2, -0.15) is 0 Å². The van der Waals surface area contributed by atoms with Gasteiger partial charge in [-0.1, -0.05) is 0 Å². The summed E-state index contributed by atoms with van der Waals surface area (Å²) in [4.78, 5) is 97.0. The highest BCUT2D eigenvalue weighted by atomic mass is 31.2. The highest BCUT2D eigenvalue weighted by Crippen LogP contribution is 2.26. The summed E-state index contributed by atoms with van der Waals surface area (Å²) in [5.41, 5.74) is -0.445. The largest absolute Gasteiger partial charge is 0.466 e. The second-order valence-corrected chi connectivity index (χ2v) is 6.65. The Morgan fingerprint density at radius 1 is 0.731 bits per heavy atom. The molecule has 0 radical (unpaired) electrons. The molecule has 0 aliphatic rings. The van der Waals surface area contributed by atoms with Crippen LogP contribution in [0.1, 0.15) is 0 Å². The molecular formula is C5H13N4O14P3. The van der Waals surface area contributed by atoms with E-state index < -0.39 is 34.7 Å². The van der Waals surface area contributed by atoms with E-state index in [1.54, 1.807) is 0 Å². The number of rotatable bonds is 0. The summed E-state index contributed by atoms with van der Waals surface area (Å²) in [5, 5.41) is 0. The molecule has 0 amide bonds. The standard InChI is InChI=1S/C5H4N4O2.3H3O4P/c10-4-2-3(7-1-6-2)8-5(11)9-4;3*1-5(2,3)4/h1H,(H3,6,7,8,9,10,11);3*(H3,1,2,3,4). The van der Waals surface area contributed by atoms with Gasteiger partial charge in [0.1, 0.15) is 5.52 Å². The van der Waals surface area contributed by atoms with E-state index in [9.17, 15) is 9.59 Å². The Kier molecular flexibility index (Phi) is 10.9. The number of hydrogen-bond donors (Lipinski definition) is 12. The molecule has 0 saturated carbocycles. The molecule has 2 heterocycles. The maximum atomic E-state index is 10.9. The van der Waals surface area contributed by atoms with Crippen molar-refractivity contribution in [3.8, 4) is 0 Å². The molecule has 0 fully saturated rings. The molecule has 2 rings (SSSR count). The topological polar surface area (TPSA) is 328 Å². The number of fused-ring (bicyclic) bond motifs is 1. The van der Waals surface area contributed by atoms with Crippen molar-refractivity contribution in [1.29, 1.82) is 0 Å². The van der Waals surface area contributed by atoms with Gasteiger partial charge in [-0.05, 0) is 0 Å². The molecule has 26 heavy (non-hydrogen) atoms. The highest BCUT2D eigenvalue weighted by Gasteiger charge is 2.01. The predicted molar refractivity (Wildman–Crippen MR) is 80.1 cm³/mol. The zero-order valence-corrected chi connectivity index (χ0v) is 14.6. The summed E-state index contributed by atoms with van der Waals surface area (Å²) in [6, 6.07) is 0. The zero-order valence-electron chi connectivity index (χ0n) is 11.9. The van der Waals surface area contributed by atoms with Crippen LogP contribution >= 0.6 is 23.5 Å². The number of aromatic amines is 3. The summed E-state index contributed by atoms with van der Waals surface area (Å²) in [6.45, 7) is 0. The maximum Gasteiger partial charge on any atom is 0.466 e. The second kappa shape index (κ2) is 10.6. The lowest BCUT2D eigenvalue weighted by molar-refractivity contribution is 0.272. The number of phosphoric acid groups is 3. The number of nitrogens with zero attached hydrogens (tertiary/aromatic N) is 1. The molecule has 0 bridgehead atoms. The summed E-state index contributed by atoms with van der Waals surface area (Å²) < 4.78 is 26.6. The highest BCUT2D eigenvalue weighted by molar-refractivity contribution is 7.45. The van der Waals surface area contributed by atoms with Crippen LogP contribution in [0, 0.1) is 0 Å². The van der Waals surface area contributed by atoms with Gasteiger partial charge in [0.25, 0.3) is 5.56 Å². The van der Waals surface area contributed by atoms with E-state index in [-0.39, 0.29) is 11.2 Å². The maximum absolute atomic E-state index is 10.9. The van der Waals surface area contributed by atoms with E-state index in [1.165, 1.54) is 6.33 Å². The molecule has 2 aromatic rings. The van der Waals surface area contributed by atoms with Crippen molar-refractivity contribution < 1.29 is 57.7 Å². The van der Waals surface area contributed by atoms with Crippen LogP contribution in [0.15, 0.2) is 15.9 Å². The van der Waals surface area contributed by atoms with Crippen molar-refractivity contribution in [2.75, 3.05) is 0 Å². The van der Waals surface area contributed by atoms with E-state index in [1.807, 2.05) is 0 Å². The van der Waals surface area contributed by atoms with Crippen LogP contribution in [0.5, 0.6) is 0 Å². The van der Waals surface area contributed by atoms with Gasteiger partial charge in [-0.15, -0.1) is 0 Å². The Labute approximate surface area is 140 Å². The molecule has 0 aromatic carbocycles. The third-order valence-corrected chi connectivity index (χ3v) is 1.33. The number of H-pyrrole nitrogens is 3. The van der Waals surface area contributed by atoms with E-state index in [0.717, 1.165) is 0 Å². The van der Waals surface area contributed by atoms with Crippen LogP contribution in [0.2, 0.25) is 0 Å². The number of hydrogen-bond acceptors (Lipinski definition) is 6. The quantitative estimate of drug-likeness (QED) is 0.172. The Morgan fingerprint density at radius 2 is 1.08 bits per heavy atom. The fourth-order valence-corrected chi connectivity index (χ4v) is 0.867. The average molecular weight is 446 g/mol. The Morgan fingerprint density at radius 3 is 1.42 bits per heavy atom. The summed E-state index contributed by atoms with van der Waals surface area (Å²) in [7, 11) is -13.9. The third-order valence-electron chi connectivity index (χ3n) is 1.33. The molecule has 0 aliphatic heterocycles. The van der Waals surface area contributed by atoms with Gasteiger partial charge in [0, 0.05) is 0 Å². The van der Waals surface area contributed by atoms with Crippen LogP contribution in [-0.4, -0.2) is 64.0 Å². The van der Waals surface area contributed by atoms with Crippen LogP contribution in [0.4, 0.5) is 0 Å². The number of nitrogens with one attached hydrogen (secondary N) is 3. The van der Waals surface area contributed by atoms with Crippen molar-refractivity contribution in [3.63, 3.8) is 0 Å². The van der Waals surface area contributed by atoms with Gasteiger partial charge >= 0.3 is 29.2 Å². The third kappa shape index (κ3) is 24.7. The first-order chi connectivity index (χ1) is 11.3. The predicted octanol–water partition coefficient (Wildman–Crippen LogP) is -3.85. The van der Waals surface area contributed by atoms with Gasteiger partial charge in [0.15, 0.2) is 5.65 Å². The van der Waals surface area contributed by atoms with Gasteiger partial charge in [0.05, 0.1) is 6.33 Å². The SMILES string of the molecule is O=P(O)(O)O.O=P(O)(O)O.O=P(O)(O)O.O=c1[nH]c(=O)c2[nH]cnc2[nH]1. The number of imidazole rings is 1. The summed E-state index contributed by atoms with van der Waals surface area (Å²) >= 11 is 0. The first-order valence-electron chi connectivity index (χ1n) is 5.28. The Bertz CT molecular complexity index is 853. The average Bonchev–Trinajstić information content (AvgIpc) is 2.69. The molecular weight excluding hydrogens is 433 g/mol. The lowest BCUT2D eigenvalue weighted by atomic mass is 10.5. The Hall–Kier alpha value is -1.52. The summed E-state index contributed by atoms with van der Waals surface area (Å²) in [6.07, 6.45) is 1.34. The van der Waals surface area contributed by atoms with Gasteiger partial charge in [0.2, 0.25) is 0 Å². The lowest BCUT2D eigenvalue weighted by Crippen LogP contribution is -2.21. The lowest BCUT2D eigenvalue weighted by Gasteiger charge is -1.83. The molecule has 0 atom stereocenters. The second-order valence-electron chi connectivity index (χ2n) is 3.57. The first-order valence-corrected chi connectivity index (χ1v) is 9.97. The van der Waals surface area contributed by atoms with E-state index in [0.29, 0.717) is 0 Å². The summed E-state index contributed by atoms with van der Waals surface area (Å²) in [5.74, 6) is 0. The molecule has 18 nitrogen and oxygen atoms in total. The molecule has 0 saturated heterocycles. The minimum atomic E-state index is -4.64. The minimum absolute atomic E-state index is 0.277. The monoisotopic (exact) mass is 446 g/mol. The first kappa shape index (κ1) is 26.7. The van der Waals surface area contributed by atoms with Crippen LogP contribution < -0.4 is 11.2 Å². The van der Waals surface area contributed by atoms with Crippen molar-refractivity contribution in [1.82, 2.24) is 19.9 Å². The molecule has 0 unspecified atom stereocenters. The smallest absolute Gasteiger partial charge is 0.339 e. The molecule has 12 N–H and O–H groups in total. The fourth-order valence-electron chi connectivity index (χ4n) is 0.867. The molecule has 0 aliphatic carbocycles. The van der Waals surface area contributed by atoms with Crippen molar-refractivity contribution in [3.05, 3.63) is 27.2 Å². The van der Waals surface area contributed by atoms with Crippen LogP contribution in [0.3, 0.4) is 0 Å². The molecule has 2 aromatic heterocycles. The van der Waals surface area contributed by atoms with Gasteiger partial charge in [-0.25, -0.2) is 23.5 Å². The fraction of sp³-hybridized carbons (Fsp3) is 0. The minimum Gasteiger partial charge on any atom is -0.339 e. The normalized spacial score (nSPS) is 11.3. The van der Waals surface area contributed by atoms with Crippen molar-refractivity contribution >= 4 is 34.6 Å². The van der Waals surface area contributed by atoms with Crippen molar-refractivity contribution in [2.45, 2.75) is 0 Å². The molecule has 21 heteroatoms.